The van der Waals surface area contributed by atoms with Gasteiger partial charge in [0.1, 0.15) is 0 Å². The number of carbonyl (C=O) groups excluding carboxylic acids is 1. The van der Waals surface area contributed by atoms with Crippen LogP contribution in [0.2, 0.25) is 0 Å². The fourth-order valence-electron chi connectivity index (χ4n) is 2.47. The maximum Gasteiger partial charge on any atom is 0.237 e. The monoisotopic (exact) mass is 226 g/mol. The van der Waals surface area contributed by atoms with E-state index in [9.17, 15) is 4.79 Å². The lowest BCUT2D eigenvalue weighted by Crippen LogP contribution is -2.45. The van der Waals surface area contributed by atoms with Crippen LogP contribution in [0.3, 0.4) is 0 Å². The minimum absolute atomic E-state index is 0.00954. The minimum atomic E-state index is 0.00954. The lowest BCUT2D eigenvalue weighted by molar-refractivity contribution is -0.122. The van der Waals surface area contributed by atoms with E-state index in [1.807, 2.05) is 0 Å². The quantitative estimate of drug-likeness (QED) is 0.743. The predicted molar refractivity (Wildman–Crippen MR) is 62.2 cm³/mol. The van der Waals surface area contributed by atoms with Crippen LogP contribution >= 0.6 is 0 Å². The van der Waals surface area contributed by atoms with Crippen LogP contribution in [0.1, 0.15) is 32.6 Å². The van der Waals surface area contributed by atoms with Gasteiger partial charge in [0.25, 0.3) is 0 Å². The summed E-state index contributed by atoms with van der Waals surface area (Å²) < 4.78 is 5.52. The van der Waals surface area contributed by atoms with E-state index in [0.717, 1.165) is 45.4 Å². The van der Waals surface area contributed by atoms with Gasteiger partial charge in [0.15, 0.2) is 0 Å². The van der Waals surface area contributed by atoms with Crippen molar-refractivity contribution in [2.24, 2.45) is 5.92 Å². The van der Waals surface area contributed by atoms with Crippen LogP contribution in [-0.2, 0) is 9.53 Å². The van der Waals surface area contributed by atoms with Gasteiger partial charge in [-0.25, -0.2) is 0 Å². The van der Waals surface area contributed by atoms with Crippen molar-refractivity contribution in [3.8, 4) is 0 Å². The Morgan fingerprint density at radius 2 is 2.31 bits per heavy atom. The Morgan fingerprint density at radius 3 is 3.06 bits per heavy atom. The highest BCUT2D eigenvalue weighted by molar-refractivity contribution is 5.81. The Labute approximate surface area is 97.1 Å². The smallest absolute Gasteiger partial charge is 0.237 e. The molecule has 0 bridgehead atoms. The number of hydrogen-bond donors (Lipinski definition) is 2. The average Bonchev–Trinajstić information content (AvgIpc) is 2.56. The van der Waals surface area contributed by atoms with E-state index in [2.05, 4.69) is 17.6 Å². The molecule has 2 rings (SSSR count). The molecule has 16 heavy (non-hydrogen) atoms. The molecule has 1 amide bonds. The standard InChI is InChI=1S/C12H22N2O2/c1-9-10(5-7-16-9)8-14-11-4-2-3-6-13-12(11)15/h9-11,14H,2-8H2,1H3,(H,13,15). The number of carbonyl (C=O) groups is 1. The first-order chi connectivity index (χ1) is 7.77. The van der Waals surface area contributed by atoms with Gasteiger partial charge in [0.05, 0.1) is 12.1 Å². The molecule has 3 unspecified atom stereocenters. The molecule has 4 heteroatoms. The normalized spacial score (nSPS) is 35.8. The molecule has 2 fully saturated rings. The van der Waals surface area contributed by atoms with Crippen molar-refractivity contribution >= 4 is 5.91 Å². The number of amides is 1. The third-order valence-electron chi connectivity index (χ3n) is 3.69. The van der Waals surface area contributed by atoms with E-state index in [4.69, 9.17) is 4.74 Å². The van der Waals surface area contributed by atoms with Gasteiger partial charge in [0.2, 0.25) is 5.91 Å². The zero-order valence-corrected chi connectivity index (χ0v) is 10.00. The first-order valence-electron chi connectivity index (χ1n) is 6.40. The van der Waals surface area contributed by atoms with Crippen LogP contribution in [0.4, 0.5) is 0 Å². The van der Waals surface area contributed by atoms with Crippen molar-refractivity contribution in [3.05, 3.63) is 0 Å². The summed E-state index contributed by atoms with van der Waals surface area (Å²) in [6.07, 6.45) is 4.65. The maximum atomic E-state index is 11.7. The molecule has 0 spiro atoms. The SMILES string of the molecule is CC1OCCC1CNC1CCCCNC1=O. The molecule has 0 aromatic heterocycles. The van der Waals surface area contributed by atoms with Gasteiger partial charge >= 0.3 is 0 Å². The lowest BCUT2D eigenvalue weighted by Gasteiger charge is -2.19. The molecule has 2 aliphatic heterocycles. The van der Waals surface area contributed by atoms with Crippen molar-refractivity contribution in [2.75, 3.05) is 19.7 Å². The molecule has 0 aliphatic carbocycles. The Morgan fingerprint density at radius 1 is 1.44 bits per heavy atom. The Kier molecular flexibility index (Phi) is 4.18. The second-order valence-electron chi connectivity index (χ2n) is 4.87. The van der Waals surface area contributed by atoms with E-state index < -0.39 is 0 Å². The molecule has 0 aromatic carbocycles. The third kappa shape index (κ3) is 2.95. The predicted octanol–water partition coefficient (Wildman–Crippen LogP) is 0.670. The molecule has 4 nitrogen and oxygen atoms in total. The Hall–Kier alpha value is -0.610. The second-order valence-corrected chi connectivity index (χ2v) is 4.87. The largest absolute Gasteiger partial charge is 0.378 e. The number of nitrogens with one attached hydrogen (secondary N) is 2. The van der Waals surface area contributed by atoms with Gasteiger partial charge in [0, 0.05) is 19.7 Å². The number of hydrogen-bond acceptors (Lipinski definition) is 3. The van der Waals surface area contributed by atoms with Crippen molar-refractivity contribution in [3.63, 3.8) is 0 Å². The highest BCUT2D eigenvalue weighted by atomic mass is 16.5. The Balaban J connectivity index is 1.77. The van der Waals surface area contributed by atoms with Gasteiger partial charge in [-0.05, 0) is 38.5 Å². The maximum absolute atomic E-state index is 11.7. The van der Waals surface area contributed by atoms with Crippen molar-refractivity contribution in [1.29, 1.82) is 0 Å². The fourth-order valence-corrected chi connectivity index (χ4v) is 2.47. The van der Waals surface area contributed by atoms with Crippen LogP contribution in [-0.4, -0.2) is 37.7 Å². The first kappa shape index (κ1) is 11.9. The summed E-state index contributed by atoms with van der Waals surface area (Å²) in [5.74, 6) is 0.736. The van der Waals surface area contributed by atoms with Gasteiger partial charge in [-0.2, -0.15) is 0 Å². The van der Waals surface area contributed by atoms with Crippen molar-refractivity contribution in [2.45, 2.75) is 44.8 Å². The van der Waals surface area contributed by atoms with Crippen LogP contribution in [0.25, 0.3) is 0 Å². The summed E-state index contributed by atoms with van der Waals surface area (Å²) >= 11 is 0. The van der Waals surface area contributed by atoms with E-state index >= 15 is 0 Å². The Bertz CT molecular complexity index is 245. The highest BCUT2D eigenvalue weighted by Gasteiger charge is 2.26. The van der Waals surface area contributed by atoms with Gasteiger partial charge in [-0.3, -0.25) is 4.79 Å². The van der Waals surface area contributed by atoms with E-state index in [1.54, 1.807) is 0 Å². The summed E-state index contributed by atoms with van der Waals surface area (Å²) in [6, 6.07) is 0.00954. The molecule has 2 saturated heterocycles. The van der Waals surface area contributed by atoms with E-state index in [0.29, 0.717) is 12.0 Å². The molecule has 2 heterocycles. The fraction of sp³-hybridized carbons (Fsp3) is 0.917. The minimum Gasteiger partial charge on any atom is -0.378 e. The number of rotatable bonds is 3. The van der Waals surface area contributed by atoms with Gasteiger partial charge in [-0.1, -0.05) is 0 Å². The van der Waals surface area contributed by atoms with E-state index in [1.165, 1.54) is 0 Å². The molecule has 92 valence electrons. The molecular formula is C12H22N2O2. The number of ether oxygens (including phenoxy) is 1. The summed E-state index contributed by atoms with van der Waals surface area (Å²) in [4.78, 5) is 11.7. The highest BCUT2D eigenvalue weighted by Crippen LogP contribution is 2.19. The topological polar surface area (TPSA) is 50.4 Å². The third-order valence-corrected chi connectivity index (χ3v) is 3.69. The lowest BCUT2D eigenvalue weighted by atomic mass is 10.0. The average molecular weight is 226 g/mol. The van der Waals surface area contributed by atoms with Crippen molar-refractivity contribution in [1.82, 2.24) is 10.6 Å². The van der Waals surface area contributed by atoms with Gasteiger partial charge < -0.3 is 15.4 Å². The molecular weight excluding hydrogens is 204 g/mol. The molecule has 2 N–H and O–H groups in total. The summed E-state index contributed by atoms with van der Waals surface area (Å²) in [5, 5.41) is 6.34. The van der Waals surface area contributed by atoms with Crippen LogP contribution in [0, 0.1) is 5.92 Å². The van der Waals surface area contributed by atoms with Gasteiger partial charge in [-0.15, -0.1) is 0 Å². The van der Waals surface area contributed by atoms with Crippen LogP contribution in [0.15, 0.2) is 0 Å². The molecule has 2 aliphatic rings. The van der Waals surface area contributed by atoms with Crippen LogP contribution in [0.5, 0.6) is 0 Å². The molecule has 3 atom stereocenters. The summed E-state index contributed by atoms with van der Waals surface area (Å²) in [5.41, 5.74) is 0. The summed E-state index contributed by atoms with van der Waals surface area (Å²) in [6.45, 7) is 4.72. The van der Waals surface area contributed by atoms with E-state index in [-0.39, 0.29) is 11.9 Å². The molecule has 0 aromatic rings. The second kappa shape index (κ2) is 5.64. The van der Waals surface area contributed by atoms with Crippen molar-refractivity contribution < 1.29 is 9.53 Å². The van der Waals surface area contributed by atoms with Crippen LogP contribution < -0.4 is 10.6 Å². The summed E-state index contributed by atoms with van der Waals surface area (Å²) in [7, 11) is 0. The zero-order chi connectivity index (χ0) is 11.4. The molecule has 0 saturated carbocycles. The first-order valence-corrected chi connectivity index (χ1v) is 6.40. The zero-order valence-electron chi connectivity index (χ0n) is 10.00. The molecule has 0 radical (unpaired) electrons.